The van der Waals surface area contributed by atoms with Gasteiger partial charge in [0.15, 0.2) is 5.13 Å². The molecule has 0 aliphatic heterocycles. The molecule has 0 aliphatic carbocycles. The van der Waals surface area contributed by atoms with Gasteiger partial charge in [0.1, 0.15) is 0 Å². The summed E-state index contributed by atoms with van der Waals surface area (Å²) in [6, 6.07) is 13.4. The summed E-state index contributed by atoms with van der Waals surface area (Å²) in [5.74, 6) is -0.137. The van der Waals surface area contributed by atoms with E-state index in [1.165, 1.54) is 11.3 Å². The zero-order valence-corrected chi connectivity index (χ0v) is 17.4. The van der Waals surface area contributed by atoms with Crippen LogP contribution in [0.2, 0.25) is 5.02 Å². The Hall–Kier alpha value is -2.54. The molecule has 140 valence electrons. The van der Waals surface area contributed by atoms with Crippen molar-refractivity contribution in [3.8, 4) is 0 Å². The zero-order valence-electron chi connectivity index (χ0n) is 15.0. The molecule has 1 aromatic carbocycles. The van der Waals surface area contributed by atoms with Crippen molar-refractivity contribution in [3.05, 3.63) is 81.3 Å². The van der Waals surface area contributed by atoms with Gasteiger partial charge in [-0.15, -0.1) is 11.3 Å². The van der Waals surface area contributed by atoms with E-state index in [-0.39, 0.29) is 5.91 Å². The molecule has 4 rings (SSSR count). The van der Waals surface area contributed by atoms with Gasteiger partial charge in [-0.3, -0.25) is 14.7 Å². The van der Waals surface area contributed by atoms with Crippen LogP contribution in [0.5, 0.6) is 0 Å². The molecular weight excluding hydrogens is 410 g/mol. The van der Waals surface area contributed by atoms with Crippen LogP contribution in [0.1, 0.15) is 16.1 Å². The topological polar surface area (TPSA) is 46.1 Å². The van der Waals surface area contributed by atoms with E-state index in [4.69, 9.17) is 16.6 Å². The lowest BCUT2D eigenvalue weighted by Gasteiger charge is -2.17. The Morgan fingerprint density at radius 1 is 1.25 bits per heavy atom. The van der Waals surface area contributed by atoms with Gasteiger partial charge in [-0.05, 0) is 54.3 Å². The maximum Gasteiger partial charge on any atom is 0.253 e. The highest BCUT2D eigenvalue weighted by molar-refractivity contribution is 7.22. The van der Waals surface area contributed by atoms with Crippen molar-refractivity contribution < 1.29 is 4.79 Å². The number of thiophene rings is 1. The molecule has 28 heavy (non-hydrogen) atoms. The Morgan fingerprint density at radius 2 is 2.14 bits per heavy atom. The first-order valence-electron chi connectivity index (χ1n) is 8.60. The largest absolute Gasteiger partial charge is 0.278 e. The highest BCUT2D eigenvalue weighted by Crippen LogP contribution is 2.33. The molecular formula is C21H16ClN3OS2. The number of hydrogen-bond acceptors (Lipinski definition) is 5. The number of rotatable bonds is 5. The molecule has 3 heterocycles. The van der Waals surface area contributed by atoms with Gasteiger partial charge in [0.2, 0.25) is 0 Å². The van der Waals surface area contributed by atoms with E-state index in [0.29, 0.717) is 16.7 Å². The van der Waals surface area contributed by atoms with E-state index in [0.717, 1.165) is 26.4 Å². The van der Waals surface area contributed by atoms with Crippen LogP contribution in [0, 0.1) is 6.92 Å². The number of carbonyl (C=O) groups excluding carboxylic acids is 1. The molecule has 0 spiro atoms. The first kappa shape index (κ1) is 18.8. The summed E-state index contributed by atoms with van der Waals surface area (Å²) in [5.41, 5.74) is 2.66. The van der Waals surface area contributed by atoms with Crippen LogP contribution in [0.15, 0.2) is 60.1 Å². The van der Waals surface area contributed by atoms with Crippen molar-refractivity contribution in [3.63, 3.8) is 0 Å². The van der Waals surface area contributed by atoms with Gasteiger partial charge in [0, 0.05) is 22.2 Å². The number of nitrogens with zero attached hydrogens (tertiary/aromatic N) is 3. The van der Waals surface area contributed by atoms with E-state index >= 15 is 0 Å². The molecule has 0 N–H and O–H groups in total. The van der Waals surface area contributed by atoms with Gasteiger partial charge in [-0.1, -0.05) is 35.1 Å². The minimum atomic E-state index is -0.137. The first-order valence-corrected chi connectivity index (χ1v) is 10.7. The number of carbonyl (C=O) groups is 1. The second-order valence-electron chi connectivity index (χ2n) is 6.16. The minimum Gasteiger partial charge on any atom is -0.278 e. The molecule has 0 fully saturated rings. The van der Waals surface area contributed by atoms with E-state index < -0.39 is 0 Å². The molecule has 0 atom stereocenters. The minimum absolute atomic E-state index is 0.137. The van der Waals surface area contributed by atoms with Crippen molar-refractivity contribution in [2.45, 2.75) is 13.5 Å². The summed E-state index contributed by atoms with van der Waals surface area (Å²) in [6.45, 7) is 2.32. The van der Waals surface area contributed by atoms with Crippen LogP contribution in [0.25, 0.3) is 16.3 Å². The quantitative estimate of drug-likeness (QED) is 0.370. The smallest absolute Gasteiger partial charge is 0.253 e. The lowest BCUT2D eigenvalue weighted by atomic mass is 10.2. The number of hydrogen-bond donors (Lipinski definition) is 0. The van der Waals surface area contributed by atoms with Crippen LogP contribution in [-0.4, -0.2) is 15.9 Å². The highest BCUT2D eigenvalue weighted by atomic mass is 35.5. The fraction of sp³-hybridized carbons (Fsp3) is 0.0952. The number of halogens is 1. The molecule has 1 amide bonds. The van der Waals surface area contributed by atoms with Crippen molar-refractivity contribution in [2.75, 3.05) is 4.90 Å². The van der Waals surface area contributed by atoms with Crippen molar-refractivity contribution in [1.29, 1.82) is 0 Å². The molecule has 4 aromatic rings. The molecule has 0 unspecified atom stereocenters. The van der Waals surface area contributed by atoms with E-state index in [1.807, 2.05) is 60.8 Å². The van der Waals surface area contributed by atoms with E-state index in [2.05, 4.69) is 4.98 Å². The molecule has 7 heteroatoms. The number of amides is 1. The molecule has 0 aliphatic rings. The Morgan fingerprint density at radius 3 is 2.89 bits per heavy atom. The fourth-order valence-corrected chi connectivity index (χ4v) is 4.82. The third-order valence-corrected chi connectivity index (χ3v) is 6.20. The number of thiazole rings is 1. The Balaban J connectivity index is 1.72. The van der Waals surface area contributed by atoms with Crippen molar-refractivity contribution in [1.82, 2.24) is 9.97 Å². The highest BCUT2D eigenvalue weighted by Gasteiger charge is 2.20. The van der Waals surface area contributed by atoms with Gasteiger partial charge in [0.05, 0.1) is 22.5 Å². The standard InChI is InChI=1S/C21H16ClN3OS2/c1-14-11-15(22)12-18-20(14)24-21(28-18)25(13-16-5-2-3-9-23-16)19(26)8-7-17-6-4-10-27-17/h2-12H,13H2,1H3/b8-7+. The number of anilines is 1. The summed E-state index contributed by atoms with van der Waals surface area (Å²) in [4.78, 5) is 24.8. The van der Waals surface area contributed by atoms with Crippen LogP contribution in [-0.2, 0) is 11.3 Å². The lowest BCUT2D eigenvalue weighted by molar-refractivity contribution is -0.114. The third-order valence-electron chi connectivity index (χ3n) is 4.12. The third kappa shape index (κ3) is 4.14. The number of aromatic nitrogens is 2. The monoisotopic (exact) mass is 425 g/mol. The SMILES string of the molecule is Cc1cc(Cl)cc2sc(N(Cc3ccccn3)C(=O)/C=C/c3cccs3)nc12. The summed E-state index contributed by atoms with van der Waals surface area (Å²) in [6.07, 6.45) is 5.14. The maximum atomic E-state index is 13.0. The lowest BCUT2D eigenvalue weighted by Crippen LogP contribution is -2.29. The Labute approximate surface area is 175 Å². The molecule has 4 nitrogen and oxygen atoms in total. The predicted molar refractivity (Wildman–Crippen MR) is 118 cm³/mol. The van der Waals surface area contributed by atoms with Gasteiger partial charge < -0.3 is 0 Å². The van der Waals surface area contributed by atoms with E-state index in [1.54, 1.807) is 28.5 Å². The second kappa shape index (κ2) is 8.22. The van der Waals surface area contributed by atoms with Crippen molar-refractivity contribution in [2.24, 2.45) is 0 Å². The van der Waals surface area contributed by atoms with Gasteiger partial charge in [-0.2, -0.15) is 0 Å². The van der Waals surface area contributed by atoms with Crippen LogP contribution < -0.4 is 4.90 Å². The zero-order chi connectivity index (χ0) is 19.5. The number of fused-ring (bicyclic) bond motifs is 1. The fourth-order valence-electron chi connectivity index (χ4n) is 2.78. The summed E-state index contributed by atoms with van der Waals surface area (Å²) in [7, 11) is 0. The van der Waals surface area contributed by atoms with Gasteiger partial charge in [0.25, 0.3) is 5.91 Å². The maximum absolute atomic E-state index is 13.0. The molecule has 0 saturated carbocycles. The average Bonchev–Trinajstić information content (AvgIpc) is 3.34. The van der Waals surface area contributed by atoms with Gasteiger partial charge in [-0.25, -0.2) is 4.98 Å². The average molecular weight is 426 g/mol. The molecule has 0 bridgehead atoms. The van der Waals surface area contributed by atoms with E-state index in [9.17, 15) is 4.79 Å². The molecule has 3 aromatic heterocycles. The summed E-state index contributed by atoms with van der Waals surface area (Å²) in [5, 5.41) is 3.28. The first-order chi connectivity index (χ1) is 13.6. The number of pyridine rings is 1. The predicted octanol–water partition coefficient (Wildman–Crippen LogP) is 5.96. The summed E-state index contributed by atoms with van der Waals surface area (Å²) >= 11 is 9.23. The Kier molecular flexibility index (Phi) is 5.52. The molecule has 0 radical (unpaired) electrons. The van der Waals surface area contributed by atoms with Gasteiger partial charge >= 0.3 is 0 Å². The van der Waals surface area contributed by atoms with Crippen LogP contribution >= 0.6 is 34.3 Å². The Bertz CT molecular complexity index is 1140. The molecule has 0 saturated heterocycles. The number of aryl methyl sites for hydroxylation is 1. The van der Waals surface area contributed by atoms with Crippen LogP contribution in [0.4, 0.5) is 5.13 Å². The normalized spacial score (nSPS) is 11.4. The summed E-state index contributed by atoms with van der Waals surface area (Å²) < 4.78 is 0.959. The van der Waals surface area contributed by atoms with Crippen LogP contribution in [0.3, 0.4) is 0 Å². The van der Waals surface area contributed by atoms with Crippen molar-refractivity contribution >= 4 is 61.6 Å². The number of benzene rings is 1. The second-order valence-corrected chi connectivity index (χ2v) is 8.58.